The van der Waals surface area contributed by atoms with Gasteiger partial charge in [0.05, 0.1) is 6.33 Å². The maximum atomic E-state index is 6.02. The van der Waals surface area contributed by atoms with Gasteiger partial charge in [0, 0.05) is 5.92 Å². The summed E-state index contributed by atoms with van der Waals surface area (Å²) in [5.41, 5.74) is 8.59. The van der Waals surface area contributed by atoms with E-state index in [4.69, 9.17) is 5.73 Å². The first-order valence-corrected chi connectivity index (χ1v) is 7.31. The SMILES string of the molecule is CCCCC(c1ccccc1)c1nc(N)c2[nH]cnc2n1. The van der Waals surface area contributed by atoms with Crippen LogP contribution >= 0.6 is 0 Å². The van der Waals surface area contributed by atoms with Gasteiger partial charge in [-0.2, -0.15) is 0 Å². The molecule has 0 saturated heterocycles. The maximum Gasteiger partial charge on any atom is 0.183 e. The highest BCUT2D eigenvalue weighted by molar-refractivity contribution is 5.80. The van der Waals surface area contributed by atoms with Crippen LogP contribution < -0.4 is 5.73 Å². The van der Waals surface area contributed by atoms with Gasteiger partial charge in [0.1, 0.15) is 11.3 Å². The number of benzene rings is 1. The summed E-state index contributed by atoms with van der Waals surface area (Å²) in [5, 5.41) is 0. The molecule has 1 aromatic carbocycles. The van der Waals surface area contributed by atoms with E-state index in [1.165, 1.54) is 5.56 Å². The number of fused-ring (bicyclic) bond motifs is 1. The number of nitrogen functional groups attached to an aromatic ring is 1. The van der Waals surface area contributed by atoms with Crippen molar-refractivity contribution >= 4 is 17.0 Å². The molecule has 0 aliphatic heterocycles. The summed E-state index contributed by atoms with van der Waals surface area (Å²) in [7, 11) is 0. The second-order valence-corrected chi connectivity index (χ2v) is 5.17. The Bertz CT molecular complexity index is 720. The lowest BCUT2D eigenvalue weighted by Crippen LogP contribution is -2.09. The van der Waals surface area contributed by atoms with E-state index in [1.807, 2.05) is 18.2 Å². The minimum atomic E-state index is 0.162. The van der Waals surface area contributed by atoms with E-state index in [-0.39, 0.29) is 5.92 Å². The zero-order chi connectivity index (χ0) is 14.7. The number of nitrogens with one attached hydrogen (secondary N) is 1. The first-order valence-electron chi connectivity index (χ1n) is 7.31. The Balaban J connectivity index is 2.05. The van der Waals surface area contributed by atoms with Crippen molar-refractivity contribution in [1.29, 1.82) is 0 Å². The van der Waals surface area contributed by atoms with Crippen molar-refractivity contribution in [3.63, 3.8) is 0 Å². The average molecular weight is 281 g/mol. The second-order valence-electron chi connectivity index (χ2n) is 5.17. The molecule has 0 aliphatic carbocycles. The van der Waals surface area contributed by atoms with Gasteiger partial charge >= 0.3 is 0 Å². The number of aromatic amines is 1. The summed E-state index contributed by atoms with van der Waals surface area (Å²) in [6.45, 7) is 2.19. The van der Waals surface area contributed by atoms with Gasteiger partial charge in [0.2, 0.25) is 0 Å². The van der Waals surface area contributed by atoms with Crippen LogP contribution in [0.15, 0.2) is 36.7 Å². The number of unbranched alkanes of at least 4 members (excludes halogenated alkanes) is 1. The number of rotatable bonds is 5. The van der Waals surface area contributed by atoms with Gasteiger partial charge in [0.15, 0.2) is 11.5 Å². The van der Waals surface area contributed by atoms with E-state index in [0.29, 0.717) is 17.0 Å². The molecule has 3 aromatic rings. The van der Waals surface area contributed by atoms with Crippen LogP contribution in [-0.4, -0.2) is 19.9 Å². The molecule has 0 bridgehead atoms. The molecule has 0 aliphatic rings. The predicted octanol–water partition coefficient (Wildman–Crippen LogP) is 3.26. The van der Waals surface area contributed by atoms with Crippen molar-refractivity contribution in [2.75, 3.05) is 5.73 Å². The van der Waals surface area contributed by atoms with Crippen LogP contribution in [0.4, 0.5) is 5.82 Å². The summed E-state index contributed by atoms with van der Waals surface area (Å²) >= 11 is 0. The third-order valence-corrected chi connectivity index (χ3v) is 3.69. The highest BCUT2D eigenvalue weighted by Gasteiger charge is 2.19. The Labute approximate surface area is 123 Å². The highest BCUT2D eigenvalue weighted by Crippen LogP contribution is 2.29. The van der Waals surface area contributed by atoms with Crippen LogP contribution in [0.2, 0.25) is 0 Å². The van der Waals surface area contributed by atoms with Crippen molar-refractivity contribution in [1.82, 2.24) is 19.9 Å². The molecule has 1 unspecified atom stereocenters. The lowest BCUT2D eigenvalue weighted by Gasteiger charge is -2.16. The molecule has 108 valence electrons. The van der Waals surface area contributed by atoms with Crippen molar-refractivity contribution in [2.45, 2.75) is 32.1 Å². The Morgan fingerprint density at radius 2 is 2.00 bits per heavy atom. The van der Waals surface area contributed by atoms with E-state index < -0.39 is 0 Å². The van der Waals surface area contributed by atoms with Gasteiger partial charge < -0.3 is 10.7 Å². The largest absolute Gasteiger partial charge is 0.382 e. The summed E-state index contributed by atoms with van der Waals surface area (Å²) in [6, 6.07) is 10.4. The number of nitrogens with two attached hydrogens (primary N) is 1. The quantitative estimate of drug-likeness (QED) is 0.752. The summed E-state index contributed by atoms with van der Waals surface area (Å²) < 4.78 is 0. The molecule has 0 saturated carbocycles. The number of nitrogens with zero attached hydrogens (tertiary/aromatic N) is 3. The third-order valence-electron chi connectivity index (χ3n) is 3.69. The number of imidazole rings is 1. The zero-order valence-corrected chi connectivity index (χ0v) is 12.1. The van der Waals surface area contributed by atoms with Crippen LogP contribution in [0.5, 0.6) is 0 Å². The Morgan fingerprint density at radius 1 is 1.19 bits per heavy atom. The first-order chi connectivity index (χ1) is 10.3. The Kier molecular flexibility index (Phi) is 3.81. The predicted molar refractivity (Wildman–Crippen MR) is 83.9 cm³/mol. The second kappa shape index (κ2) is 5.91. The molecule has 5 heteroatoms. The normalized spacial score (nSPS) is 12.6. The van der Waals surface area contributed by atoms with Crippen LogP contribution in [0.25, 0.3) is 11.2 Å². The number of hydrogen-bond donors (Lipinski definition) is 2. The number of hydrogen-bond acceptors (Lipinski definition) is 4. The fourth-order valence-electron chi connectivity index (χ4n) is 2.57. The molecule has 2 heterocycles. The van der Waals surface area contributed by atoms with Gasteiger partial charge in [-0.15, -0.1) is 0 Å². The molecule has 1 atom stereocenters. The summed E-state index contributed by atoms with van der Waals surface area (Å²) in [5.74, 6) is 1.38. The standard InChI is InChI=1S/C16H19N5/c1-2-3-9-12(11-7-5-4-6-8-11)15-20-14(17)13-16(21-15)19-10-18-13/h4-8,10,12H,2-3,9H2,1H3,(H3,17,18,19,20,21). The van der Waals surface area contributed by atoms with E-state index >= 15 is 0 Å². The Hall–Kier alpha value is -2.43. The minimum absolute atomic E-state index is 0.162. The van der Waals surface area contributed by atoms with Crippen molar-refractivity contribution in [3.05, 3.63) is 48.0 Å². The smallest absolute Gasteiger partial charge is 0.183 e. The van der Waals surface area contributed by atoms with Crippen LogP contribution in [0.3, 0.4) is 0 Å². The Morgan fingerprint density at radius 3 is 2.76 bits per heavy atom. The average Bonchev–Trinajstić information content (AvgIpc) is 2.98. The molecular weight excluding hydrogens is 262 g/mol. The number of anilines is 1. The lowest BCUT2D eigenvalue weighted by molar-refractivity contribution is 0.625. The molecule has 0 radical (unpaired) electrons. The monoisotopic (exact) mass is 281 g/mol. The van der Waals surface area contributed by atoms with Gasteiger partial charge in [-0.05, 0) is 12.0 Å². The highest BCUT2D eigenvalue weighted by atomic mass is 15.0. The van der Waals surface area contributed by atoms with Gasteiger partial charge in [-0.3, -0.25) is 0 Å². The van der Waals surface area contributed by atoms with Crippen LogP contribution in [-0.2, 0) is 0 Å². The molecular formula is C16H19N5. The molecule has 5 nitrogen and oxygen atoms in total. The zero-order valence-electron chi connectivity index (χ0n) is 12.1. The van der Waals surface area contributed by atoms with Crippen molar-refractivity contribution in [3.8, 4) is 0 Å². The molecule has 2 aromatic heterocycles. The molecule has 0 spiro atoms. The van der Waals surface area contributed by atoms with Crippen LogP contribution in [0.1, 0.15) is 43.5 Å². The van der Waals surface area contributed by atoms with Crippen LogP contribution in [0, 0.1) is 0 Å². The first kappa shape index (κ1) is 13.5. The summed E-state index contributed by atoms with van der Waals surface area (Å²) in [4.78, 5) is 16.3. The minimum Gasteiger partial charge on any atom is -0.382 e. The van der Waals surface area contributed by atoms with Crippen molar-refractivity contribution < 1.29 is 0 Å². The van der Waals surface area contributed by atoms with E-state index in [2.05, 4.69) is 39.0 Å². The summed E-state index contributed by atoms with van der Waals surface area (Å²) in [6.07, 6.45) is 4.88. The van der Waals surface area contributed by atoms with Gasteiger partial charge in [-0.1, -0.05) is 50.1 Å². The topological polar surface area (TPSA) is 80.5 Å². The van der Waals surface area contributed by atoms with E-state index in [1.54, 1.807) is 6.33 Å². The fourth-order valence-corrected chi connectivity index (χ4v) is 2.57. The van der Waals surface area contributed by atoms with E-state index in [9.17, 15) is 0 Å². The molecule has 21 heavy (non-hydrogen) atoms. The molecule has 3 N–H and O–H groups in total. The lowest BCUT2D eigenvalue weighted by atomic mass is 9.93. The number of aromatic nitrogens is 4. The molecule has 0 amide bonds. The van der Waals surface area contributed by atoms with E-state index in [0.717, 1.165) is 25.1 Å². The van der Waals surface area contributed by atoms with Gasteiger partial charge in [0.25, 0.3) is 0 Å². The van der Waals surface area contributed by atoms with Crippen molar-refractivity contribution in [2.24, 2.45) is 0 Å². The fraction of sp³-hybridized carbons (Fsp3) is 0.312. The maximum absolute atomic E-state index is 6.02. The number of H-pyrrole nitrogens is 1. The third kappa shape index (κ3) is 2.72. The van der Waals surface area contributed by atoms with Gasteiger partial charge in [-0.25, -0.2) is 15.0 Å². The molecule has 0 fully saturated rings. The molecule has 3 rings (SSSR count).